The lowest BCUT2D eigenvalue weighted by Gasteiger charge is -2.07. The molecule has 1 aromatic carbocycles. The predicted molar refractivity (Wildman–Crippen MR) is 95.5 cm³/mol. The Balaban J connectivity index is 1.89. The first kappa shape index (κ1) is 15.9. The molecule has 122 valence electrons. The van der Waals surface area contributed by atoms with Gasteiger partial charge in [-0.05, 0) is 51.5 Å². The van der Waals surface area contributed by atoms with Gasteiger partial charge in [0.25, 0.3) is 5.91 Å². The molecule has 0 aliphatic rings. The van der Waals surface area contributed by atoms with Crippen LogP contribution in [0.15, 0.2) is 47.7 Å². The Labute approximate surface area is 141 Å². The van der Waals surface area contributed by atoms with Gasteiger partial charge in [0, 0.05) is 11.8 Å². The summed E-state index contributed by atoms with van der Waals surface area (Å²) < 4.78 is 1.77. The number of rotatable bonds is 3. The third-order valence-electron chi connectivity index (χ3n) is 4.03. The summed E-state index contributed by atoms with van der Waals surface area (Å²) in [5.74, 6) is -0.268. The summed E-state index contributed by atoms with van der Waals surface area (Å²) >= 11 is 0. The molecule has 0 unspecified atom stereocenters. The zero-order chi connectivity index (χ0) is 17.3. The van der Waals surface area contributed by atoms with Crippen LogP contribution in [0.4, 0.5) is 0 Å². The third kappa shape index (κ3) is 2.93. The van der Waals surface area contributed by atoms with E-state index in [0.29, 0.717) is 11.4 Å². The maximum Gasteiger partial charge on any atom is 0.290 e. The highest BCUT2D eigenvalue weighted by atomic mass is 16.2. The van der Waals surface area contributed by atoms with Crippen LogP contribution in [-0.2, 0) is 0 Å². The lowest BCUT2D eigenvalue weighted by molar-refractivity contribution is 0.0948. The Morgan fingerprint density at radius 3 is 2.75 bits per heavy atom. The van der Waals surface area contributed by atoms with Crippen molar-refractivity contribution in [2.24, 2.45) is 5.10 Å². The number of aromatic nitrogens is 2. The van der Waals surface area contributed by atoms with Crippen LogP contribution < -0.4 is 5.43 Å². The van der Waals surface area contributed by atoms with Gasteiger partial charge in [0.05, 0.1) is 11.4 Å². The number of hydrazone groups is 1. The molecule has 5 nitrogen and oxygen atoms in total. The van der Waals surface area contributed by atoms with Crippen molar-refractivity contribution in [3.05, 3.63) is 70.7 Å². The summed E-state index contributed by atoms with van der Waals surface area (Å²) in [6.07, 6.45) is 1.82. The molecule has 2 heterocycles. The van der Waals surface area contributed by atoms with E-state index in [-0.39, 0.29) is 5.91 Å². The number of carbonyl (C=O) groups excluding carboxylic acids is 1. The number of carbonyl (C=O) groups is 1. The molecule has 0 spiro atoms. The quantitative estimate of drug-likeness (QED) is 0.594. The van der Waals surface area contributed by atoms with Crippen molar-refractivity contribution in [3.8, 4) is 0 Å². The number of hydrogen-bond acceptors (Lipinski definition) is 3. The molecule has 3 rings (SSSR count). The molecule has 3 aromatic rings. The number of hydrogen-bond donors (Lipinski definition) is 1. The normalized spacial score (nSPS) is 11.8. The van der Waals surface area contributed by atoms with Gasteiger partial charge in [0.2, 0.25) is 0 Å². The van der Waals surface area contributed by atoms with E-state index in [2.05, 4.69) is 33.7 Å². The summed E-state index contributed by atoms with van der Waals surface area (Å²) in [4.78, 5) is 16.9. The molecule has 0 bridgehead atoms. The summed E-state index contributed by atoms with van der Waals surface area (Å²) in [7, 11) is 0. The zero-order valence-corrected chi connectivity index (χ0v) is 14.3. The number of nitrogens with one attached hydrogen (secondary N) is 1. The summed E-state index contributed by atoms with van der Waals surface area (Å²) in [6, 6.07) is 11.8. The van der Waals surface area contributed by atoms with Crippen molar-refractivity contribution >= 4 is 17.3 Å². The van der Waals surface area contributed by atoms with Crippen LogP contribution >= 0.6 is 0 Å². The minimum Gasteiger partial charge on any atom is -0.295 e. The van der Waals surface area contributed by atoms with Crippen molar-refractivity contribution in [3.63, 3.8) is 0 Å². The molecule has 0 fully saturated rings. The fourth-order valence-corrected chi connectivity index (χ4v) is 2.76. The van der Waals surface area contributed by atoms with Gasteiger partial charge in [-0.1, -0.05) is 23.8 Å². The minimum atomic E-state index is -0.268. The first-order chi connectivity index (χ1) is 11.5. The molecule has 24 heavy (non-hydrogen) atoms. The summed E-state index contributed by atoms with van der Waals surface area (Å²) in [5, 5.41) is 4.28. The largest absolute Gasteiger partial charge is 0.295 e. The summed E-state index contributed by atoms with van der Waals surface area (Å²) in [6.45, 7) is 7.79. The number of pyridine rings is 1. The highest BCUT2D eigenvalue weighted by Gasteiger charge is 2.16. The van der Waals surface area contributed by atoms with Crippen molar-refractivity contribution in [1.82, 2.24) is 14.8 Å². The number of imidazole rings is 1. The maximum absolute atomic E-state index is 12.5. The Kier molecular flexibility index (Phi) is 4.16. The van der Waals surface area contributed by atoms with Gasteiger partial charge in [-0.15, -0.1) is 0 Å². The van der Waals surface area contributed by atoms with Crippen molar-refractivity contribution in [1.29, 1.82) is 0 Å². The van der Waals surface area contributed by atoms with E-state index >= 15 is 0 Å². The highest BCUT2D eigenvalue weighted by molar-refractivity contribution is 6.02. The molecule has 1 amide bonds. The van der Waals surface area contributed by atoms with Gasteiger partial charge in [-0.3, -0.25) is 9.20 Å². The molecule has 5 heteroatoms. The summed E-state index contributed by atoms with van der Waals surface area (Å²) in [5.41, 5.74) is 8.67. The van der Waals surface area contributed by atoms with E-state index in [1.165, 1.54) is 0 Å². The van der Waals surface area contributed by atoms with E-state index in [9.17, 15) is 4.79 Å². The van der Waals surface area contributed by atoms with Crippen molar-refractivity contribution in [2.45, 2.75) is 27.7 Å². The molecule has 0 saturated carbocycles. The molecule has 0 radical (unpaired) electrons. The Morgan fingerprint density at radius 1 is 1.17 bits per heavy atom. The van der Waals surface area contributed by atoms with Crippen molar-refractivity contribution < 1.29 is 4.79 Å². The molecule has 0 saturated heterocycles. The fraction of sp³-hybridized carbons (Fsp3) is 0.211. The third-order valence-corrected chi connectivity index (χ3v) is 4.03. The lowest BCUT2D eigenvalue weighted by atomic mass is 10.0. The standard InChI is InChI=1S/C19H20N4O/c1-12-8-9-13(2)16(11-12)14(3)21-22-19(24)18-15(4)20-17-7-5-6-10-23(17)18/h5-11H,1-4H3,(H,22,24)/b21-14-. The number of fused-ring (bicyclic) bond motifs is 1. The van der Waals surface area contributed by atoms with Gasteiger partial charge >= 0.3 is 0 Å². The first-order valence-electron chi connectivity index (χ1n) is 7.83. The van der Waals surface area contributed by atoms with Crippen LogP contribution in [0.5, 0.6) is 0 Å². The van der Waals surface area contributed by atoms with E-state index < -0.39 is 0 Å². The Morgan fingerprint density at radius 2 is 1.96 bits per heavy atom. The maximum atomic E-state index is 12.5. The van der Waals surface area contributed by atoms with Crippen LogP contribution in [-0.4, -0.2) is 21.0 Å². The van der Waals surface area contributed by atoms with Gasteiger partial charge < -0.3 is 0 Å². The molecule has 0 atom stereocenters. The van der Waals surface area contributed by atoms with E-state index in [1.54, 1.807) is 4.40 Å². The topological polar surface area (TPSA) is 58.8 Å². The smallest absolute Gasteiger partial charge is 0.290 e. The van der Waals surface area contributed by atoms with Gasteiger partial charge in [0.1, 0.15) is 11.3 Å². The Bertz CT molecular complexity index is 953. The van der Waals surface area contributed by atoms with E-state index in [1.807, 2.05) is 52.1 Å². The minimum absolute atomic E-state index is 0.268. The molecule has 1 N–H and O–H groups in total. The first-order valence-corrected chi connectivity index (χ1v) is 7.83. The van der Waals surface area contributed by atoms with Crippen LogP contribution in [0.1, 0.15) is 39.8 Å². The fourth-order valence-electron chi connectivity index (χ4n) is 2.76. The molecular weight excluding hydrogens is 300 g/mol. The van der Waals surface area contributed by atoms with Crippen LogP contribution in [0.2, 0.25) is 0 Å². The van der Waals surface area contributed by atoms with Crippen LogP contribution in [0, 0.1) is 20.8 Å². The predicted octanol–water partition coefficient (Wildman–Crippen LogP) is 3.41. The second kappa shape index (κ2) is 6.28. The number of aryl methyl sites for hydroxylation is 3. The van der Waals surface area contributed by atoms with Gasteiger partial charge in [-0.25, -0.2) is 10.4 Å². The molecule has 0 aliphatic carbocycles. The molecule has 0 aliphatic heterocycles. The average Bonchev–Trinajstić information content (AvgIpc) is 2.90. The van der Waals surface area contributed by atoms with Crippen LogP contribution in [0.3, 0.4) is 0 Å². The monoisotopic (exact) mass is 320 g/mol. The van der Waals surface area contributed by atoms with E-state index in [0.717, 1.165) is 28.0 Å². The number of benzene rings is 1. The second-order valence-electron chi connectivity index (χ2n) is 5.93. The number of nitrogens with zero attached hydrogens (tertiary/aromatic N) is 3. The zero-order valence-electron chi connectivity index (χ0n) is 14.3. The van der Waals surface area contributed by atoms with Gasteiger partial charge in [-0.2, -0.15) is 5.10 Å². The molecule has 2 aromatic heterocycles. The van der Waals surface area contributed by atoms with Crippen LogP contribution in [0.25, 0.3) is 5.65 Å². The lowest BCUT2D eigenvalue weighted by Crippen LogP contribution is -2.22. The second-order valence-corrected chi connectivity index (χ2v) is 5.93. The molecular formula is C19H20N4O. The Hall–Kier alpha value is -2.95. The SMILES string of the molecule is C/C(=N/NC(=O)c1c(C)nc2ccccn12)c1cc(C)ccc1C. The van der Waals surface area contributed by atoms with E-state index in [4.69, 9.17) is 0 Å². The average molecular weight is 320 g/mol. The van der Waals surface area contributed by atoms with Gasteiger partial charge in [0.15, 0.2) is 0 Å². The van der Waals surface area contributed by atoms with Crippen molar-refractivity contribution in [2.75, 3.05) is 0 Å². The number of amides is 1. The highest BCUT2D eigenvalue weighted by Crippen LogP contribution is 2.13.